The van der Waals surface area contributed by atoms with E-state index in [2.05, 4.69) is 15.0 Å². The van der Waals surface area contributed by atoms with Crippen molar-refractivity contribution in [1.82, 2.24) is 10.0 Å². The number of pyridine rings is 1. The summed E-state index contributed by atoms with van der Waals surface area (Å²) in [5.74, 6) is -1.41. The van der Waals surface area contributed by atoms with Crippen molar-refractivity contribution in [3.8, 4) is 22.6 Å². The molecule has 0 unspecified atom stereocenters. The monoisotopic (exact) mass is 632 g/mol. The third-order valence-corrected chi connectivity index (χ3v) is 8.46. The van der Waals surface area contributed by atoms with Gasteiger partial charge in [0.05, 0.1) is 34.7 Å². The molecular formula is C31H22F6N2O4S. The van der Waals surface area contributed by atoms with Crippen molar-refractivity contribution in [1.29, 1.82) is 0 Å². The molecule has 0 amide bonds. The van der Waals surface area contributed by atoms with Gasteiger partial charge in [0.1, 0.15) is 5.82 Å². The van der Waals surface area contributed by atoms with Crippen LogP contribution in [0.4, 0.5) is 26.3 Å². The van der Waals surface area contributed by atoms with Crippen molar-refractivity contribution < 1.29 is 40.7 Å². The zero-order valence-electron chi connectivity index (χ0n) is 23.0. The number of nitrogens with one attached hydrogen (secondary N) is 1. The third-order valence-electron chi connectivity index (χ3n) is 7.34. The zero-order chi connectivity index (χ0) is 31.4. The highest BCUT2D eigenvalue weighted by Crippen LogP contribution is 2.46. The fourth-order valence-electron chi connectivity index (χ4n) is 5.42. The Morgan fingerprint density at radius 2 is 1.75 bits per heavy atom. The molecule has 44 heavy (non-hydrogen) atoms. The van der Waals surface area contributed by atoms with Gasteiger partial charge < -0.3 is 9.47 Å². The van der Waals surface area contributed by atoms with Gasteiger partial charge in [0.25, 0.3) is 5.56 Å². The molecule has 0 saturated heterocycles. The average molecular weight is 633 g/mol. The smallest absolute Gasteiger partial charge is 0.395 e. The number of thioether (sulfide) groups is 1. The van der Waals surface area contributed by atoms with Gasteiger partial charge in [-0.2, -0.15) is 13.2 Å². The number of aromatic nitrogens is 1. The number of hydroxylamine groups is 1. The molecule has 6 rings (SSSR count). The second kappa shape index (κ2) is 11.0. The molecule has 0 radical (unpaired) electrons. The van der Waals surface area contributed by atoms with Crippen LogP contribution in [0.3, 0.4) is 0 Å². The highest BCUT2D eigenvalue weighted by molar-refractivity contribution is 8.00. The van der Waals surface area contributed by atoms with Gasteiger partial charge in [-0.05, 0) is 47.9 Å². The molecule has 0 saturated carbocycles. The van der Waals surface area contributed by atoms with E-state index in [0.29, 0.717) is 22.0 Å². The van der Waals surface area contributed by atoms with Crippen LogP contribution in [0.15, 0.2) is 76.6 Å². The number of hydrogen-bond acceptors (Lipinski definition) is 6. The van der Waals surface area contributed by atoms with Crippen molar-refractivity contribution in [3.63, 3.8) is 0 Å². The summed E-state index contributed by atoms with van der Waals surface area (Å²) >= 11 is 1.20. The Morgan fingerprint density at radius 3 is 2.45 bits per heavy atom. The molecule has 2 aliphatic heterocycles. The van der Waals surface area contributed by atoms with Gasteiger partial charge in [-0.1, -0.05) is 42.5 Å². The predicted octanol–water partition coefficient (Wildman–Crippen LogP) is 7.48. The summed E-state index contributed by atoms with van der Waals surface area (Å²) in [6, 6.07) is 15.5. The summed E-state index contributed by atoms with van der Waals surface area (Å²) < 4.78 is 95.1. The molecular weight excluding hydrogens is 610 g/mol. The normalized spacial score (nSPS) is 16.2. The molecule has 3 aromatic carbocycles. The molecule has 0 spiro atoms. The Kier molecular flexibility index (Phi) is 7.41. The van der Waals surface area contributed by atoms with Crippen LogP contribution in [0.1, 0.15) is 27.8 Å². The van der Waals surface area contributed by atoms with Crippen LogP contribution in [0.5, 0.6) is 11.5 Å². The fraction of sp³-hybridized carbons (Fsp3) is 0.194. The van der Waals surface area contributed by atoms with Crippen molar-refractivity contribution >= 4 is 23.2 Å². The number of alkyl halides is 5. The third kappa shape index (κ3) is 5.19. The summed E-state index contributed by atoms with van der Waals surface area (Å²) in [4.78, 5) is 19.6. The highest BCUT2D eigenvalue weighted by Gasteiger charge is 2.44. The average Bonchev–Trinajstić information content (AvgIpc) is 3.54. The van der Waals surface area contributed by atoms with Gasteiger partial charge in [0.15, 0.2) is 11.5 Å². The minimum absolute atomic E-state index is 0.0140. The maximum Gasteiger partial charge on any atom is 0.586 e. The predicted molar refractivity (Wildman–Crippen MR) is 152 cm³/mol. The molecule has 228 valence electrons. The topological polar surface area (TPSA) is 61.7 Å². The van der Waals surface area contributed by atoms with E-state index in [4.69, 9.17) is 4.84 Å². The summed E-state index contributed by atoms with van der Waals surface area (Å²) in [5, 5.41) is 0.321. The number of hydrogen-bond donors (Lipinski definition) is 1. The summed E-state index contributed by atoms with van der Waals surface area (Å²) in [6.07, 6.45) is -9.25. The number of benzene rings is 3. The van der Waals surface area contributed by atoms with Gasteiger partial charge in [0.2, 0.25) is 0 Å². The molecule has 0 atom stereocenters. The van der Waals surface area contributed by atoms with Crippen LogP contribution in [0, 0.1) is 12.7 Å². The van der Waals surface area contributed by atoms with E-state index < -0.39 is 41.4 Å². The lowest BCUT2D eigenvalue weighted by molar-refractivity contribution is -0.286. The lowest BCUT2D eigenvalue weighted by Gasteiger charge is -2.21. The van der Waals surface area contributed by atoms with Crippen LogP contribution < -0.4 is 20.5 Å². The number of fused-ring (bicyclic) bond motifs is 2. The molecule has 6 nitrogen and oxygen atoms in total. The molecule has 1 aromatic heterocycles. The second-order valence-electron chi connectivity index (χ2n) is 9.98. The Hall–Kier alpha value is -4.36. The Balaban J connectivity index is 1.64. The fourth-order valence-corrected chi connectivity index (χ4v) is 6.69. The molecule has 0 fully saturated rings. The lowest BCUT2D eigenvalue weighted by atomic mass is 9.92. The summed E-state index contributed by atoms with van der Waals surface area (Å²) in [5.41, 5.74) is 2.74. The minimum atomic E-state index is -4.84. The van der Waals surface area contributed by atoms with E-state index in [-0.39, 0.29) is 39.5 Å². The van der Waals surface area contributed by atoms with Crippen molar-refractivity contribution in [2.75, 3.05) is 12.9 Å². The maximum atomic E-state index is 15.1. The van der Waals surface area contributed by atoms with E-state index in [9.17, 15) is 26.7 Å². The van der Waals surface area contributed by atoms with Gasteiger partial charge in [-0.3, -0.25) is 19.7 Å². The lowest BCUT2D eigenvalue weighted by Crippen LogP contribution is -2.26. The van der Waals surface area contributed by atoms with E-state index in [0.717, 1.165) is 18.2 Å². The van der Waals surface area contributed by atoms with Crippen molar-refractivity contribution in [2.24, 2.45) is 0 Å². The molecule has 3 heterocycles. The van der Waals surface area contributed by atoms with Crippen LogP contribution in [0.2, 0.25) is 0 Å². The first kappa shape index (κ1) is 29.7. The summed E-state index contributed by atoms with van der Waals surface area (Å²) in [7, 11) is 1.39. The van der Waals surface area contributed by atoms with Gasteiger partial charge in [-0.25, -0.2) is 4.39 Å². The van der Waals surface area contributed by atoms with E-state index in [1.807, 2.05) is 0 Å². The molecule has 0 aliphatic carbocycles. The van der Waals surface area contributed by atoms with Crippen molar-refractivity contribution in [2.45, 2.75) is 30.8 Å². The van der Waals surface area contributed by atoms with Crippen LogP contribution >= 0.6 is 11.8 Å². The standard InChI is InChI=1S/C31H22F6N2O4S/c1-16-19(14-20-21(30(33,34)35)9-6-10-22(20)32)29-39(23(15-44-29)27(38-41-2)17-7-4-3-5-8-17)28(40)26(16)18-11-12-24-25(13-18)43-31(36,37)42-24/h3-13,38H,14-15H2,1-2H3. The van der Waals surface area contributed by atoms with Gasteiger partial charge >= 0.3 is 12.5 Å². The maximum absolute atomic E-state index is 15.1. The Morgan fingerprint density at radius 1 is 1.02 bits per heavy atom. The van der Waals surface area contributed by atoms with Crippen LogP contribution in [0.25, 0.3) is 22.5 Å². The van der Waals surface area contributed by atoms with E-state index >= 15 is 4.39 Å². The molecule has 13 heteroatoms. The van der Waals surface area contributed by atoms with Crippen molar-refractivity contribution in [3.05, 3.63) is 111 Å². The van der Waals surface area contributed by atoms with Gasteiger partial charge in [0, 0.05) is 23.3 Å². The van der Waals surface area contributed by atoms with Crippen LogP contribution in [-0.2, 0) is 17.4 Å². The van der Waals surface area contributed by atoms with Gasteiger partial charge in [-0.15, -0.1) is 20.5 Å². The molecule has 4 aromatic rings. The first-order valence-electron chi connectivity index (χ1n) is 13.1. The molecule has 0 bridgehead atoms. The van der Waals surface area contributed by atoms with E-state index in [1.54, 1.807) is 30.3 Å². The first-order valence-corrected chi connectivity index (χ1v) is 14.1. The Bertz CT molecular complexity index is 1870. The minimum Gasteiger partial charge on any atom is -0.395 e. The Labute approximate surface area is 250 Å². The number of halogens is 6. The zero-order valence-corrected chi connectivity index (χ0v) is 23.8. The quantitative estimate of drug-likeness (QED) is 0.176. The highest BCUT2D eigenvalue weighted by atomic mass is 32.2. The second-order valence-corrected chi connectivity index (χ2v) is 10.9. The molecule has 1 N–H and O–H groups in total. The number of ether oxygens (including phenoxy) is 2. The summed E-state index contributed by atoms with van der Waals surface area (Å²) in [6.45, 7) is 1.54. The number of rotatable bonds is 6. The first-order chi connectivity index (χ1) is 20.9. The number of nitrogens with zero attached hydrogens (tertiary/aromatic N) is 1. The van der Waals surface area contributed by atoms with E-state index in [1.165, 1.54) is 48.6 Å². The van der Waals surface area contributed by atoms with Crippen LogP contribution in [-0.4, -0.2) is 23.7 Å². The largest absolute Gasteiger partial charge is 0.586 e. The SMILES string of the molecule is CONC(=C1CSc2c(Cc3c(F)cccc3C(F)(F)F)c(C)c(-c3ccc4c(c3)OC(F)(F)O4)c(=O)n21)c1ccccc1. The molecule has 2 aliphatic rings.